The number of carboxylic acid groups (broad SMARTS) is 1. The largest absolute Gasteiger partial charge is 0.544 e. The molecule has 0 aliphatic heterocycles. The summed E-state index contributed by atoms with van der Waals surface area (Å²) in [5.41, 5.74) is 0.449. The summed E-state index contributed by atoms with van der Waals surface area (Å²) in [5, 5.41) is 9.85. The van der Waals surface area contributed by atoms with Crippen LogP contribution in [0.5, 0.6) is 0 Å². The third-order valence-corrected chi connectivity index (χ3v) is 0.731. The van der Waals surface area contributed by atoms with Crippen molar-refractivity contribution in [2.45, 2.75) is 6.92 Å². The molecule has 4 nitrogen and oxygen atoms in total. The van der Waals surface area contributed by atoms with Crippen LogP contribution in [0, 0.1) is 7.05 Å². The van der Waals surface area contributed by atoms with E-state index >= 15 is 0 Å². The number of hydrogen-bond acceptors (Lipinski definition) is 3. The van der Waals surface area contributed by atoms with Crippen LogP contribution in [0.3, 0.4) is 0 Å². The molecule has 0 saturated carbocycles. The van der Waals surface area contributed by atoms with Crippen molar-refractivity contribution in [3.05, 3.63) is 19.2 Å². The van der Waals surface area contributed by atoms with Gasteiger partial charge < -0.3 is 19.2 Å². The van der Waals surface area contributed by atoms with Gasteiger partial charge in [-0.05, 0) is 6.29 Å². The second-order valence-corrected chi connectivity index (χ2v) is 3.35. The molecule has 0 unspecified atom stereocenters. The fourth-order valence-corrected chi connectivity index (χ4v) is 0.349. The molecule has 0 heterocycles. The van der Waals surface area contributed by atoms with Gasteiger partial charge in [0.2, 0.25) is 0 Å². The van der Waals surface area contributed by atoms with Crippen LogP contribution in [-0.2, 0) is 42.3 Å². The van der Waals surface area contributed by atoms with Crippen LogP contribution in [0.25, 0.3) is 0 Å². The minimum atomic E-state index is -1.06. The van der Waals surface area contributed by atoms with Gasteiger partial charge in [0.25, 0.3) is 0 Å². The first-order valence-corrected chi connectivity index (χ1v) is 3.60. The van der Waals surface area contributed by atoms with Crippen molar-refractivity contribution < 1.29 is 51.9 Å². The van der Waals surface area contributed by atoms with E-state index < -0.39 is 5.97 Å². The standard InChI is InChI=1S/C5H11NO2.C4H5O.Y/c1-6(2,3)4-5(7)8;1-4(2)3-5;/h1,4H2,2-3H3,(H,7,8);1H2,2H3;/q;-1;/p-1. The molecule has 0 N–H and O–H groups in total. The summed E-state index contributed by atoms with van der Waals surface area (Å²) in [6, 6.07) is 0. The van der Waals surface area contributed by atoms with Gasteiger partial charge in [-0.1, -0.05) is 6.92 Å². The average molecular weight is 274 g/mol. The summed E-state index contributed by atoms with van der Waals surface area (Å²) < 4.78 is 0.169. The zero-order valence-corrected chi connectivity index (χ0v) is 11.7. The van der Waals surface area contributed by atoms with E-state index in [4.69, 9.17) is 0 Å². The van der Waals surface area contributed by atoms with Crippen LogP contribution >= 0.6 is 0 Å². The molecular formula is C9H15NO3Y-2. The molecule has 0 aromatic rings. The maximum Gasteiger partial charge on any atom is 0.0945 e. The third kappa shape index (κ3) is 29.7. The first-order chi connectivity index (χ1) is 5.69. The number of hydrogen-bond donors (Lipinski definition) is 0. The normalized spacial score (nSPS) is 8.86. The van der Waals surface area contributed by atoms with E-state index in [0.29, 0.717) is 5.57 Å². The second-order valence-electron chi connectivity index (χ2n) is 3.35. The Morgan fingerprint density at radius 1 is 1.57 bits per heavy atom. The van der Waals surface area contributed by atoms with Crippen LogP contribution in [0.2, 0.25) is 0 Å². The Labute approximate surface area is 110 Å². The molecule has 0 fully saturated rings. The summed E-state index contributed by atoms with van der Waals surface area (Å²) in [6.07, 6.45) is 1.58. The number of carbonyl (C=O) groups is 1. The molecule has 0 bridgehead atoms. The topological polar surface area (TPSA) is 57.2 Å². The molecule has 5 heteroatoms. The monoisotopic (exact) mass is 274 g/mol. The minimum absolute atomic E-state index is 0. The molecule has 0 aliphatic rings. The van der Waals surface area contributed by atoms with Crippen molar-refractivity contribution in [2.24, 2.45) is 0 Å². The van der Waals surface area contributed by atoms with E-state index in [1.165, 1.54) is 0 Å². The Bertz CT molecular complexity index is 197. The van der Waals surface area contributed by atoms with E-state index in [-0.39, 0.29) is 43.7 Å². The number of rotatable bonds is 3. The van der Waals surface area contributed by atoms with Gasteiger partial charge in [-0.25, -0.2) is 6.58 Å². The SMILES string of the molecule is C=C(C)[C-]=O.[CH2-][N+](C)(C)CC(=O)[O-].[Y]. The van der Waals surface area contributed by atoms with Gasteiger partial charge >= 0.3 is 0 Å². The molecule has 0 aromatic carbocycles. The van der Waals surface area contributed by atoms with Gasteiger partial charge in [0, 0.05) is 46.8 Å². The van der Waals surface area contributed by atoms with Crippen molar-refractivity contribution in [1.82, 2.24) is 0 Å². The Balaban J connectivity index is -0.000000177. The smallest absolute Gasteiger partial charge is 0.0945 e. The van der Waals surface area contributed by atoms with Crippen molar-refractivity contribution >= 4 is 12.3 Å². The fourth-order valence-electron chi connectivity index (χ4n) is 0.349. The maximum atomic E-state index is 9.85. The molecule has 0 rings (SSSR count). The summed E-state index contributed by atoms with van der Waals surface area (Å²) in [4.78, 5) is 19.1. The predicted molar refractivity (Wildman–Crippen MR) is 47.8 cm³/mol. The van der Waals surface area contributed by atoms with Crippen molar-refractivity contribution in [3.8, 4) is 0 Å². The van der Waals surface area contributed by atoms with E-state index in [1.54, 1.807) is 27.3 Å². The fraction of sp³-hybridized carbons (Fsp3) is 0.444. The summed E-state index contributed by atoms with van der Waals surface area (Å²) in [6.45, 7) is 4.81. The molecule has 0 amide bonds. The molecule has 0 saturated heterocycles. The van der Waals surface area contributed by atoms with Gasteiger partial charge in [-0.15, -0.1) is 7.05 Å². The van der Waals surface area contributed by atoms with Crippen molar-refractivity contribution in [3.63, 3.8) is 0 Å². The van der Waals surface area contributed by atoms with E-state index in [9.17, 15) is 14.7 Å². The number of allylic oxidation sites excluding steroid dienone is 1. The average Bonchev–Trinajstić information content (AvgIpc) is 1.83. The van der Waals surface area contributed by atoms with Gasteiger partial charge in [0.15, 0.2) is 0 Å². The van der Waals surface area contributed by atoms with E-state index in [2.05, 4.69) is 13.6 Å². The van der Waals surface area contributed by atoms with E-state index in [0.717, 1.165) is 0 Å². The Hall–Kier alpha value is -0.0561. The Morgan fingerprint density at radius 2 is 1.86 bits per heavy atom. The molecular weight excluding hydrogens is 259 g/mol. The van der Waals surface area contributed by atoms with Crippen LogP contribution < -0.4 is 5.11 Å². The zero-order chi connectivity index (χ0) is 11.1. The predicted octanol–water partition coefficient (Wildman–Crippen LogP) is -0.726. The van der Waals surface area contributed by atoms with Crippen LogP contribution in [0.1, 0.15) is 6.92 Å². The quantitative estimate of drug-likeness (QED) is 0.387. The molecule has 0 spiro atoms. The van der Waals surface area contributed by atoms with Crippen LogP contribution in [0.15, 0.2) is 12.2 Å². The molecule has 0 aromatic heterocycles. The van der Waals surface area contributed by atoms with Gasteiger partial charge in [-0.3, -0.25) is 0 Å². The van der Waals surface area contributed by atoms with Crippen LogP contribution in [0.4, 0.5) is 0 Å². The van der Waals surface area contributed by atoms with Gasteiger partial charge in [0.05, 0.1) is 12.5 Å². The number of nitrogens with zero attached hydrogens (tertiary/aromatic N) is 1. The number of likely N-dealkylation sites (N-methyl/N-ethyl adjacent to an activating group) is 1. The zero-order valence-electron chi connectivity index (χ0n) is 8.87. The van der Waals surface area contributed by atoms with Gasteiger partial charge in [-0.2, -0.15) is 5.57 Å². The van der Waals surface area contributed by atoms with Crippen molar-refractivity contribution in [2.75, 3.05) is 20.6 Å². The molecule has 0 aliphatic carbocycles. The maximum absolute atomic E-state index is 9.85. The number of carboxylic acids is 1. The van der Waals surface area contributed by atoms with Gasteiger partial charge in [0.1, 0.15) is 0 Å². The third-order valence-electron chi connectivity index (χ3n) is 0.731. The summed E-state index contributed by atoms with van der Waals surface area (Å²) in [7, 11) is 6.91. The second kappa shape index (κ2) is 9.50. The molecule has 14 heavy (non-hydrogen) atoms. The molecule has 79 valence electrons. The summed E-state index contributed by atoms with van der Waals surface area (Å²) >= 11 is 0. The van der Waals surface area contributed by atoms with Crippen molar-refractivity contribution in [1.29, 1.82) is 0 Å². The molecule has 0 atom stereocenters. The summed E-state index contributed by atoms with van der Waals surface area (Å²) in [5.74, 6) is -1.06. The number of carbonyl (C=O) groups excluding carboxylic acids is 2. The first kappa shape index (κ1) is 19.5. The number of aliphatic carboxylic acids is 1. The Morgan fingerprint density at radius 3 is 1.86 bits per heavy atom. The Kier molecular flexibility index (Phi) is 13.2. The number of quaternary nitrogens is 1. The molecule has 1 radical (unpaired) electrons. The minimum Gasteiger partial charge on any atom is -0.544 e. The first-order valence-electron chi connectivity index (χ1n) is 3.60. The van der Waals surface area contributed by atoms with Crippen LogP contribution in [-0.4, -0.2) is 37.4 Å². The van der Waals surface area contributed by atoms with E-state index in [1.807, 2.05) is 0 Å².